The molecule has 0 unspecified atom stereocenters. The molecule has 0 amide bonds. The lowest BCUT2D eigenvalue weighted by molar-refractivity contribution is -0.274. The second kappa shape index (κ2) is 11.8. The quantitative estimate of drug-likeness (QED) is 0.476. The van der Waals surface area contributed by atoms with Crippen molar-refractivity contribution in [1.82, 2.24) is 9.88 Å². The minimum absolute atomic E-state index is 0.0883. The maximum atomic E-state index is 12.4. The zero-order valence-electron chi connectivity index (χ0n) is 19.0. The molecule has 3 rings (SSSR count). The molecular weight excluding hydrogens is 451 g/mol. The first-order chi connectivity index (χ1) is 16.2. The van der Waals surface area contributed by atoms with Crippen LogP contribution in [0.3, 0.4) is 0 Å². The van der Waals surface area contributed by atoms with Crippen LogP contribution in [-0.2, 0) is 14.3 Å². The molecule has 0 atom stereocenters. The average molecular weight is 479 g/mol. The zero-order valence-corrected chi connectivity index (χ0v) is 19.0. The molecule has 1 aliphatic rings. The molecule has 1 aromatic carbocycles. The van der Waals surface area contributed by atoms with Gasteiger partial charge in [0.05, 0.1) is 5.69 Å². The molecule has 1 aromatic heterocycles. The summed E-state index contributed by atoms with van der Waals surface area (Å²) in [5, 5.41) is 0. The largest absolute Gasteiger partial charge is 0.573 e. The van der Waals surface area contributed by atoms with Gasteiger partial charge in [0.25, 0.3) is 0 Å². The lowest BCUT2D eigenvalue weighted by atomic mass is 10.1. The minimum Gasteiger partial charge on any atom is -0.458 e. The van der Waals surface area contributed by atoms with E-state index in [1.165, 1.54) is 12.1 Å². The Kier molecular flexibility index (Phi) is 8.86. The van der Waals surface area contributed by atoms with Crippen molar-refractivity contribution < 1.29 is 32.2 Å². The molecule has 0 saturated carbocycles. The Hall–Kier alpha value is -3.14. The van der Waals surface area contributed by atoms with Gasteiger partial charge in [0.1, 0.15) is 18.2 Å². The van der Waals surface area contributed by atoms with E-state index in [9.17, 15) is 22.8 Å². The first kappa shape index (κ1) is 25.5. The van der Waals surface area contributed by atoms with Gasteiger partial charge in [-0.3, -0.25) is 14.5 Å². The number of anilines is 1. The van der Waals surface area contributed by atoms with Gasteiger partial charge in [0, 0.05) is 44.6 Å². The third-order valence-corrected chi connectivity index (χ3v) is 5.46. The smallest absolute Gasteiger partial charge is 0.458 e. The first-order valence-corrected chi connectivity index (χ1v) is 11.2. The maximum Gasteiger partial charge on any atom is 0.573 e. The Morgan fingerprint density at radius 3 is 2.38 bits per heavy atom. The van der Waals surface area contributed by atoms with E-state index in [2.05, 4.69) is 19.5 Å². The van der Waals surface area contributed by atoms with E-state index in [4.69, 9.17) is 4.74 Å². The highest BCUT2D eigenvalue weighted by Gasteiger charge is 2.31. The van der Waals surface area contributed by atoms with E-state index >= 15 is 0 Å². The molecule has 2 aromatic rings. The fraction of sp³-hybridized carbons (Fsp3) is 0.458. The van der Waals surface area contributed by atoms with E-state index in [0.717, 1.165) is 38.5 Å². The Morgan fingerprint density at radius 2 is 1.74 bits per heavy atom. The number of hydrogen-bond donors (Lipinski definition) is 0. The van der Waals surface area contributed by atoms with Gasteiger partial charge in [-0.2, -0.15) is 0 Å². The van der Waals surface area contributed by atoms with Gasteiger partial charge >= 0.3 is 12.3 Å². The highest BCUT2D eigenvalue weighted by Crippen LogP contribution is 2.27. The molecular formula is C24H28F3N3O4. The van der Waals surface area contributed by atoms with Gasteiger partial charge in [0.15, 0.2) is 5.78 Å². The Balaban J connectivity index is 1.46. The van der Waals surface area contributed by atoms with Crippen LogP contribution in [0.25, 0.3) is 11.3 Å². The standard InChI is InChI=1S/C24H28F3N3O4/c1-2-19(31)17-33-23(32)7-4-12-29-13-15-30(16-14-29)22-6-3-5-21(28-22)18-8-10-20(11-9-18)34-24(25,26)27/h3,5-6,8-11H,2,4,7,12-17H2,1H3. The predicted octanol–water partition coefficient (Wildman–Crippen LogP) is 4.07. The van der Waals surface area contributed by atoms with Gasteiger partial charge < -0.3 is 14.4 Å². The van der Waals surface area contributed by atoms with Crippen molar-refractivity contribution in [2.24, 2.45) is 0 Å². The molecule has 10 heteroatoms. The minimum atomic E-state index is -4.72. The summed E-state index contributed by atoms with van der Waals surface area (Å²) in [6.07, 6.45) is -3.41. The number of Topliss-reactive ketones (excluding diaryl/α,β-unsaturated/α-hetero) is 1. The van der Waals surface area contributed by atoms with Crippen molar-refractivity contribution >= 4 is 17.6 Å². The third-order valence-electron chi connectivity index (χ3n) is 5.46. The number of pyridine rings is 1. The first-order valence-electron chi connectivity index (χ1n) is 11.2. The topological polar surface area (TPSA) is 72.0 Å². The number of nitrogens with zero attached hydrogens (tertiary/aromatic N) is 3. The second-order valence-corrected chi connectivity index (χ2v) is 7.94. The van der Waals surface area contributed by atoms with Gasteiger partial charge in [-0.1, -0.05) is 13.0 Å². The molecule has 34 heavy (non-hydrogen) atoms. The van der Waals surface area contributed by atoms with E-state index < -0.39 is 6.36 Å². The fourth-order valence-electron chi connectivity index (χ4n) is 3.57. The molecule has 0 bridgehead atoms. The average Bonchev–Trinajstić information content (AvgIpc) is 2.82. The molecule has 0 radical (unpaired) electrons. The summed E-state index contributed by atoms with van der Waals surface area (Å²) in [5.74, 6) is 0.0947. The van der Waals surface area contributed by atoms with Crippen LogP contribution >= 0.6 is 0 Å². The lowest BCUT2D eigenvalue weighted by Gasteiger charge is -2.35. The number of rotatable bonds is 10. The van der Waals surface area contributed by atoms with Crippen LogP contribution in [0.15, 0.2) is 42.5 Å². The number of carbonyl (C=O) groups is 2. The number of piperazine rings is 1. The van der Waals surface area contributed by atoms with Crippen molar-refractivity contribution in [1.29, 1.82) is 0 Å². The van der Waals surface area contributed by atoms with Gasteiger partial charge in [0.2, 0.25) is 0 Å². The maximum absolute atomic E-state index is 12.4. The number of ether oxygens (including phenoxy) is 2. The molecule has 1 fully saturated rings. The van der Waals surface area contributed by atoms with Gasteiger partial charge in [-0.25, -0.2) is 4.98 Å². The van der Waals surface area contributed by atoms with E-state index in [1.807, 2.05) is 18.2 Å². The number of esters is 1. The van der Waals surface area contributed by atoms with Crippen LogP contribution in [0, 0.1) is 0 Å². The van der Waals surface area contributed by atoms with Crippen molar-refractivity contribution in [2.75, 3.05) is 44.2 Å². The summed E-state index contributed by atoms with van der Waals surface area (Å²) in [6, 6.07) is 11.2. The fourth-order valence-corrected chi connectivity index (χ4v) is 3.57. The van der Waals surface area contributed by atoms with Crippen LogP contribution in [0.5, 0.6) is 5.75 Å². The van der Waals surface area contributed by atoms with Gasteiger partial charge in [-0.15, -0.1) is 13.2 Å². The summed E-state index contributed by atoms with van der Waals surface area (Å²) >= 11 is 0. The summed E-state index contributed by atoms with van der Waals surface area (Å²) < 4.78 is 45.9. The van der Waals surface area contributed by atoms with Crippen LogP contribution in [0.4, 0.5) is 19.0 Å². The molecule has 0 N–H and O–H groups in total. The van der Waals surface area contributed by atoms with Crippen molar-refractivity contribution in [3.05, 3.63) is 42.5 Å². The van der Waals surface area contributed by atoms with Crippen molar-refractivity contribution in [3.63, 3.8) is 0 Å². The summed E-state index contributed by atoms with van der Waals surface area (Å²) in [6.45, 7) is 5.53. The number of halogens is 3. The molecule has 1 saturated heterocycles. The van der Waals surface area contributed by atoms with E-state index in [1.54, 1.807) is 19.1 Å². The van der Waals surface area contributed by atoms with Crippen LogP contribution < -0.4 is 9.64 Å². The lowest BCUT2D eigenvalue weighted by Crippen LogP contribution is -2.47. The molecule has 2 heterocycles. The zero-order chi connectivity index (χ0) is 24.6. The highest BCUT2D eigenvalue weighted by atomic mass is 19.4. The molecule has 0 spiro atoms. The van der Waals surface area contributed by atoms with Crippen LogP contribution in [0.1, 0.15) is 26.2 Å². The molecule has 1 aliphatic heterocycles. The number of ketones is 1. The SMILES string of the molecule is CCC(=O)COC(=O)CCCN1CCN(c2cccc(-c3ccc(OC(F)(F)F)cc3)n2)CC1. The summed E-state index contributed by atoms with van der Waals surface area (Å²) in [5.41, 5.74) is 1.36. The van der Waals surface area contributed by atoms with Crippen LogP contribution in [0.2, 0.25) is 0 Å². The molecule has 0 aliphatic carbocycles. The molecule has 7 nitrogen and oxygen atoms in total. The highest BCUT2D eigenvalue weighted by molar-refractivity contribution is 5.82. The third kappa shape index (κ3) is 8.02. The second-order valence-electron chi connectivity index (χ2n) is 7.94. The number of aromatic nitrogens is 1. The predicted molar refractivity (Wildman–Crippen MR) is 121 cm³/mol. The van der Waals surface area contributed by atoms with E-state index in [0.29, 0.717) is 24.1 Å². The number of benzene rings is 1. The Labute approximate surface area is 196 Å². The Bertz CT molecular complexity index is 959. The normalized spacial score (nSPS) is 14.6. The summed E-state index contributed by atoms with van der Waals surface area (Å²) in [4.78, 5) is 32.0. The van der Waals surface area contributed by atoms with Crippen molar-refractivity contribution in [3.8, 4) is 17.0 Å². The monoisotopic (exact) mass is 479 g/mol. The number of hydrogen-bond acceptors (Lipinski definition) is 7. The van der Waals surface area contributed by atoms with Crippen molar-refractivity contribution in [2.45, 2.75) is 32.5 Å². The van der Waals surface area contributed by atoms with E-state index in [-0.39, 0.29) is 30.5 Å². The number of carbonyl (C=O) groups excluding carboxylic acids is 2. The van der Waals surface area contributed by atoms with Crippen LogP contribution in [-0.4, -0.2) is 67.3 Å². The summed E-state index contributed by atoms with van der Waals surface area (Å²) in [7, 11) is 0. The van der Waals surface area contributed by atoms with Gasteiger partial charge in [-0.05, 0) is 49.4 Å². The number of alkyl halides is 3. The Morgan fingerprint density at radius 1 is 1.03 bits per heavy atom. The molecule has 184 valence electrons.